The highest BCUT2D eigenvalue weighted by Crippen LogP contribution is 2.33. The summed E-state index contributed by atoms with van der Waals surface area (Å²) in [6.45, 7) is 6.29. The number of aryl methyl sites for hydroxylation is 2. The van der Waals surface area contributed by atoms with Crippen molar-refractivity contribution in [3.8, 4) is 0 Å². The molecule has 0 bridgehead atoms. The Kier molecular flexibility index (Phi) is 4.68. The number of aromatic nitrogens is 1. The summed E-state index contributed by atoms with van der Waals surface area (Å²) < 4.78 is 38.2. The number of hydrogen-bond acceptors (Lipinski definition) is 3. The Morgan fingerprint density at radius 2 is 2.00 bits per heavy atom. The Hall–Kier alpha value is -1.40. The predicted molar refractivity (Wildman–Crippen MR) is 78.6 cm³/mol. The Morgan fingerprint density at radius 1 is 1.29 bits per heavy atom. The quantitative estimate of drug-likeness (QED) is 0.900. The highest BCUT2D eigenvalue weighted by atomic mass is 32.1. The van der Waals surface area contributed by atoms with Crippen LogP contribution >= 0.6 is 11.3 Å². The summed E-state index contributed by atoms with van der Waals surface area (Å²) in [6, 6.07) is 3.69. The van der Waals surface area contributed by atoms with Gasteiger partial charge in [0.05, 0.1) is 22.3 Å². The van der Waals surface area contributed by atoms with Gasteiger partial charge in [-0.25, -0.2) is 4.98 Å². The molecule has 1 aromatic heterocycles. The van der Waals surface area contributed by atoms with Crippen molar-refractivity contribution in [2.45, 2.75) is 33.0 Å². The Bertz CT molecular complexity index is 620. The molecule has 1 aromatic carbocycles. The van der Waals surface area contributed by atoms with Crippen LogP contribution in [0.15, 0.2) is 23.6 Å². The van der Waals surface area contributed by atoms with E-state index in [9.17, 15) is 13.2 Å². The van der Waals surface area contributed by atoms with Crippen molar-refractivity contribution in [2.24, 2.45) is 0 Å². The number of benzene rings is 1. The molecule has 0 aliphatic heterocycles. The van der Waals surface area contributed by atoms with Crippen LogP contribution in [-0.2, 0) is 6.18 Å². The first kappa shape index (κ1) is 16.0. The molecular formula is C15H17F3N2S. The van der Waals surface area contributed by atoms with Crippen molar-refractivity contribution >= 4 is 11.3 Å². The molecule has 0 aliphatic rings. The third kappa shape index (κ3) is 3.63. The van der Waals surface area contributed by atoms with E-state index in [2.05, 4.69) is 10.3 Å². The summed E-state index contributed by atoms with van der Waals surface area (Å²) in [4.78, 5) is 4.45. The van der Waals surface area contributed by atoms with Gasteiger partial charge < -0.3 is 5.32 Å². The van der Waals surface area contributed by atoms with Crippen LogP contribution in [0.1, 0.15) is 40.4 Å². The van der Waals surface area contributed by atoms with E-state index in [4.69, 9.17) is 0 Å². The molecule has 0 saturated carbocycles. The van der Waals surface area contributed by atoms with E-state index in [0.717, 1.165) is 22.3 Å². The van der Waals surface area contributed by atoms with Gasteiger partial charge in [0, 0.05) is 5.38 Å². The van der Waals surface area contributed by atoms with Crippen LogP contribution in [-0.4, -0.2) is 11.5 Å². The first-order valence-corrected chi connectivity index (χ1v) is 7.54. The molecule has 0 fully saturated rings. The third-order valence-corrected chi connectivity index (χ3v) is 4.04. The zero-order valence-corrected chi connectivity index (χ0v) is 12.9. The Balaban J connectivity index is 2.42. The molecule has 6 heteroatoms. The number of nitrogens with zero attached hydrogens (tertiary/aromatic N) is 1. The van der Waals surface area contributed by atoms with Crippen molar-refractivity contribution in [1.82, 2.24) is 10.3 Å². The van der Waals surface area contributed by atoms with Gasteiger partial charge in [-0.3, -0.25) is 0 Å². The molecule has 2 nitrogen and oxygen atoms in total. The second kappa shape index (κ2) is 6.15. The molecule has 0 aliphatic carbocycles. The number of rotatable bonds is 4. The van der Waals surface area contributed by atoms with E-state index in [-0.39, 0.29) is 6.04 Å². The lowest BCUT2D eigenvalue weighted by Crippen LogP contribution is -2.23. The molecule has 2 rings (SSSR count). The fourth-order valence-electron chi connectivity index (χ4n) is 2.27. The third-order valence-electron chi connectivity index (χ3n) is 3.25. The van der Waals surface area contributed by atoms with Gasteiger partial charge in [-0.1, -0.05) is 13.0 Å². The summed E-state index contributed by atoms with van der Waals surface area (Å²) in [7, 11) is 0. The SMILES string of the molecule is CCNC(c1csc(C)n1)c1ccc(C(F)(F)F)cc1C. The van der Waals surface area contributed by atoms with Gasteiger partial charge in [0.1, 0.15) is 0 Å². The van der Waals surface area contributed by atoms with Gasteiger partial charge in [-0.05, 0) is 43.7 Å². The average molecular weight is 314 g/mol. The summed E-state index contributed by atoms with van der Waals surface area (Å²) in [5.41, 5.74) is 1.67. The number of halogens is 3. The molecule has 21 heavy (non-hydrogen) atoms. The van der Waals surface area contributed by atoms with Crippen molar-refractivity contribution in [3.05, 3.63) is 51.0 Å². The van der Waals surface area contributed by atoms with E-state index in [1.807, 2.05) is 19.2 Å². The molecule has 0 spiro atoms. The van der Waals surface area contributed by atoms with Crippen LogP contribution < -0.4 is 5.32 Å². The van der Waals surface area contributed by atoms with Crippen LogP contribution in [0.5, 0.6) is 0 Å². The van der Waals surface area contributed by atoms with Crippen LogP contribution in [0.3, 0.4) is 0 Å². The fourth-order valence-corrected chi connectivity index (χ4v) is 2.90. The minimum Gasteiger partial charge on any atom is -0.305 e. The van der Waals surface area contributed by atoms with Gasteiger partial charge in [0.15, 0.2) is 0 Å². The van der Waals surface area contributed by atoms with Crippen molar-refractivity contribution in [3.63, 3.8) is 0 Å². The lowest BCUT2D eigenvalue weighted by molar-refractivity contribution is -0.137. The van der Waals surface area contributed by atoms with Gasteiger partial charge >= 0.3 is 6.18 Å². The van der Waals surface area contributed by atoms with E-state index >= 15 is 0 Å². The number of alkyl halides is 3. The molecule has 0 saturated heterocycles. The molecule has 1 unspecified atom stereocenters. The molecule has 0 amide bonds. The minimum absolute atomic E-state index is 0.178. The molecular weight excluding hydrogens is 297 g/mol. The standard InChI is InChI=1S/C15H17F3N2S/c1-4-19-14(13-8-21-10(3)20-13)12-6-5-11(7-9(12)2)15(16,17)18/h5-8,14,19H,4H2,1-3H3. The van der Waals surface area contributed by atoms with Crippen LogP contribution in [0, 0.1) is 13.8 Å². The van der Waals surface area contributed by atoms with Gasteiger partial charge in [0.25, 0.3) is 0 Å². The van der Waals surface area contributed by atoms with E-state index in [0.29, 0.717) is 12.1 Å². The molecule has 114 valence electrons. The predicted octanol–water partition coefficient (Wildman–Crippen LogP) is 4.48. The molecule has 2 aromatic rings. The topological polar surface area (TPSA) is 24.9 Å². The van der Waals surface area contributed by atoms with Crippen LogP contribution in [0.4, 0.5) is 13.2 Å². The monoisotopic (exact) mass is 314 g/mol. The Labute approximate surface area is 126 Å². The number of thiazole rings is 1. The van der Waals surface area contributed by atoms with E-state index in [1.165, 1.54) is 17.4 Å². The normalized spacial score (nSPS) is 13.4. The zero-order valence-electron chi connectivity index (χ0n) is 12.1. The van der Waals surface area contributed by atoms with Crippen LogP contribution in [0.25, 0.3) is 0 Å². The maximum absolute atomic E-state index is 12.7. The smallest absolute Gasteiger partial charge is 0.305 e. The highest BCUT2D eigenvalue weighted by Gasteiger charge is 2.31. The second-order valence-corrected chi connectivity index (χ2v) is 5.91. The highest BCUT2D eigenvalue weighted by molar-refractivity contribution is 7.09. The molecule has 1 atom stereocenters. The number of hydrogen-bond donors (Lipinski definition) is 1. The molecule has 0 radical (unpaired) electrons. The van der Waals surface area contributed by atoms with Crippen LogP contribution in [0.2, 0.25) is 0 Å². The first-order valence-electron chi connectivity index (χ1n) is 6.66. The van der Waals surface area contributed by atoms with E-state index < -0.39 is 11.7 Å². The minimum atomic E-state index is -4.31. The lowest BCUT2D eigenvalue weighted by atomic mass is 9.97. The summed E-state index contributed by atoms with van der Waals surface area (Å²) in [5, 5.41) is 6.18. The van der Waals surface area contributed by atoms with Crippen molar-refractivity contribution in [1.29, 1.82) is 0 Å². The zero-order chi connectivity index (χ0) is 15.6. The largest absolute Gasteiger partial charge is 0.416 e. The van der Waals surface area contributed by atoms with Gasteiger partial charge in [-0.15, -0.1) is 11.3 Å². The summed E-state index contributed by atoms with van der Waals surface area (Å²) in [6.07, 6.45) is -4.31. The second-order valence-electron chi connectivity index (χ2n) is 4.85. The molecule has 1 N–H and O–H groups in total. The lowest BCUT2D eigenvalue weighted by Gasteiger charge is -2.20. The molecule has 1 heterocycles. The van der Waals surface area contributed by atoms with Crippen molar-refractivity contribution in [2.75, 3.05) is 6.54 Å². The average Bonchev–Trinajstić information content (AvgIpc) is 2.82. The maximum Gasteiger partial charge on any atom is 0.416 e. The number of nitrogens with one attached hydrogen (secondary N) is 1. The van der Waals surface area contributed by atoms with E-state index in [1.54, 1.807) is 13.0 Å². The van der Waals surface area contributed by atoms with Gasteiger partial charge in [0.2, 0.25) is 0 Å². The summed E-state index contributed by atoms with van der Waals surface area (Å²) in [5.74, 6) is 0. The maximum atomic E-state index is 12.7. The fraction of sp³-hybridized carbons (Fsp3) is 0.400. The first-order chi connectivity index (χ1) is 9.82. The summed E-state index contributed by atoms with van der Waals surface area (Å²) >= 11 is 1.54. The Morgan fingerprint density at radius 3 is 2.48 bits per heavy atom. The van der Waals surface area contributed by atoms with Crippen molar-refractivity contribution < 1.29 is 13.2 Å². The van der Waals surface area contributed by atoms with Gasteiger partial charge in [-0.2, -0.15) is 13.2 Å².